The Morgan fingerprint density at radius 2 is 2.10 bits per heavy atom. The van der Waals surface area contributed by atoms with Gasteiger partial charge in [0.25, 0.3) is 0 Å². The highest BCUT2D eigenvalue weighted by molar-refractivity contribution is 7.53. The van der Waals surface area contributed by atoms with Crippen molar-refractivity contribution >= 4 is 21.4 Å². The zero-order chi connectivity index (χ0) is 15.5. The van der Waals surface area contributed by atoms with Gasteiger partial charge in [-0.05, 0) is 13.8 Å². The van der Waals surface area contributed by atoms with E-state index in [2.05, 4.69) is 0 Å². The van der Waals surface area contributed by atoms with Crippen molar-refractivity contribution in [2.45, 2.75) is 45.1 Å². The van der Waals surface area contributed by atoms with Crippen LogP contribution < -0.4 is 0 Å². The number of carboxylic acid groups (broad SMARTS) is 1. The standard InChI is InChI=1S/C11H20BO7P/c1-6(2)18-10-7(3)11(12)19-8(10)4-17-20(15,16)5-9(13)14/h6-8,10-11H,4-5H2,1-3H3,(H,13,14)(H,15,16)/t7?,8-,10+,11-/m1/s1. The van der Waals surface area contributed by atoms with Crippen molar-refractivity contribution in [3.63, 3.8) is 0 Å². The van der Waals surface area contributed by atoms with Crippen LogP contribution in [0.25, 0.3) is 0 Å². The summed E-state index contributed by atoms with van der Waals surface area (Å²) in [4.78, 5) is 19.8. The molecular weight excluding hydrogens is 286 g/mol. The summed E-state index contributed by atoms with van der Waals surface area (Å²) in [6.45, 7) is 5.33. The Balaban J connectivity index is 2.61. The predicted octanol–water partition coefficient (Wildman–Crippen LogP) is 0.596. The van der Waals surface area contributed by atoms with Gasteiger partial charge in [0.05, 0.1) is 18.8 Å². The minimum absolute atomic E-state index is 0.0567. The van der Waals surface area contributed by atoms with E-state index in [1.54, 1.807) is 0 Å². The van der Waals surface area contributed by atoms with Crippen LogP contribution in [-0.2, 0) is 23.4 Å². The molecule has 1 aliphatic heterocycles. The molecule has 5 atom stereocenters. The summed E-state index contributed by atoms with van der Waals surface area (Å²) in [7, 11) is 1.59. The van der Waals surface area contributed by atoms with Gasteiger partial charge in [0.15, 0.2) is 0 Å². The number of hydrogen-bond acceptors (Lipinski definition) is 5. The van der Waals surface area contributed by atoms with Gasteiger partial charge in [0.1, 0.15) is 20.1 Å². The molecule has 9 heteroatoms. The van der Waals surface area contributed by atoms with E-state index in [0.717, 1.165) is 0 Å². The number of hydrogen-bond donors (Lipinski definition) is 2. The molecule has 0 amide bonds. The lowest BCUT2D eigenvalue weighted by Crippen LogP contribution is -2.34. The molecule has 0 aromatic heterocycles. The maximum Gasteiger partial charge on any atom is 0.339 e. The van der Waals surface area contributed by atoms with Crippen LogP contribution in [0, 0.1) is 5.92 Å². The molecule has 0 bridgehead atoms. The van der Waals surface area contributed by atoms with Crippen molar-refractivity contribution in [1.82, 2.24) is 0 Å². The molecule has 2 unspecified atom stereocenters. The van der Waals surface area contributed by atoms with Crippen LogP contribution in [-0.4, -0.2) is 60.9 Å². The number of ether oxygens (including phenoxy) is 2. The fourth-order valence-corrected chi connectivity index (χ4v) is 2.81. The van der Waals surface area contributed by atoms with Crippen LogP contribution >= 0.6 is 7.60 Å². The van der Waals surface area contributed by atoms with Crippen molar-refractivity contribution in [2.24, 2.45) is 5.92 Å². The summed E-state index contributed by atoms with van der Waals surface area (Å²) in [6.07, 6.45) is -1.97. The van der Waals surface area contributed by atoms with Gasteiger partial charge >= 0.3 is 13.6 Å². The molecule has 1 rings (SSSR count). The van der Waals surface area contributed by atoms with Crippen LogP contribution in [0.15, 0.2) is 0 Å². The lowest BCUT2D eigenvalue weighted by Gasteiger charge is -2.24. The molecule has 1 saturated heterocycles. The first-order valence-electron chi connectivity index (χ1n) is 6.37. The Morgan fingerprint density at radius 1 is 1.50 bits per heavy atom. The third-order valence-electron chi connectivity index (χ3n) is 2.94. The number of carbonyl (C=O) groups is 1. The molecule has 1 fully saturated rings. The molecule has 0 spiro atoms. The average molecular weight is 306 g/mol. The van der Waals surface area contributed by atoms with Crippen molar-refractivity contribution in [3.05, 3.63) is 0 Å². The largest absolute Gasteiger partial charge is 0.481 e. The first-order chi connectivity index (χ1) is 9.12. The Hall–Kier alpha value is -0.395. The van der Waals surface area contributed by atoms with E-state index < -0.39 is 31.8 Å². The fourth-order valence-electron chi connectivity index (χ4n) is 2.00. The van der Waals surface area contributed by atoms with E-state index in [4.69, 9.17) is 27.0 Å². The van der Waals surface area contributed by atoms with Crippen LogP contribution in [0.4, 0.5) is 0 Å². The minimum atomic E-state index is -4.18. The van der Waals surface area contributed by atoms with Gasteiger partial charge in [-0.2, -0.15) is 0 Å². The SMILES string of the molecule is [B][C@@H]1O[C@H](COP(=O)(O)CC(=O)O)[C@@H](OC(C)C)C1C. The molecule has 0 saturated carbocycles. The van der Waals surface area contributed by atoms with E-state index in [1.165, 1.54) is 0 Å². The second-order valence-electron chi connectivity index (χ2n) is 5.13. The fraction of sp³-hybridized carbons (Fsp3) is 0.909. The number of aliphatic carboxylic acids is 1. The monoisotopic (exact) mass is 306 g/mol. The van der Waals surface area contributed by atoms with Gasteiger partial charge in [0.2, 0.25) is 0 Å². The summed E-state index contributed by atoms with van der Waals surface area (Å²) in [5.74, 6) is -1.49. The molecule has 0 aliphatic carbocycles. The van der Waals surface area contributed by atoms with Crippen LogP contribution in [0.1, 0.15) is 20.8 Å². The van der Waals surface area contributed by atoms with Crippen LogP contribution in [0.5, 0.6) is 0 Å². The highest BCUT2D eigenvalue weighted by Gasteiger charge is 2.41. The lowest BCUT2D eigenvalue weighted by molar-refractivity contribution is -0.134. The Bertz CT molecular complexity index is 389. The van der Waals surface area contributed by atoms with Crippen molar-refractivity contribution in [1.29, 1.82) is 0 Å². The lowest BCUT2D eigenvalue weighted by atomic mass is 9.86. The highest BCUT2D eigenvalue weighted by Crippen LogP contribution is 2.42. The molecule has 1 heterocycles. The molecule has 2 N–H and O–H groups in total. The van der Waals surface area contributed by atoms with Crippen molar-refractivity contribution in [2.75, 3.05) is 12.8 Å². The number of rotatable bonds is 7. The van der Waals surface area contributed by atoms with Gasteiger partial charge in [-0.3, -0.25) is 9.36 Å². The van der Waals surface area contributed by atoms with Crippen LogP contribution in [0.3, 0.4) is 0 Å². The quantitative estimate of drug-likeness (QED) is 0.524. The third-order valence-corrected chi connectivity index (χ3v) is 4.16. The second kappa shape index (κ2) is 7.05. The Labute approximate surface area is 119 Å². The molecular formula is C11H20BO7P. The van der Waals surface area contributed by atoms with Gasteiger partial charge in [-0.25, -0.2) is 0 Å². The van der Waals surface area contributed by atoms with Crippen molar-refractivity contribution < 1.29 is 33.4 Å². The van der Waals surface area contributed by atoms with E-state index in [0.29, 0.717) is 0 Å². The normalized spacial score (nSPS) is 33.2. The van der Waals surface area contributed by atoms with Gasteiger partial charge < -0.3 is 24.0 Å². The molecule has 0 aromatic rings. The molecule has 2 radical (unpaired) electrons. The van der Waals surface area contributed by atoms with Gasteiger partial charge in [-0.15, -0.1) is 0 Å². The molecule has 0 aromatic carbocycles. The summed E-state index contributed by atoms with van der Waals surface area (Å²) in [5, 5.41) is 8.51. The summed E-state index contributed by atoms with van der Waals surface area (Å²) < 4.78 is 27.4. The number of carboxylic acids is 1. The minimum Gasteiger partial charge on any atom is -0.481 e. The molecule has 1 aliphatic rings. The van der Waals surface area contributed by atoms with E-state index >= 15 is 0 Å². The Morgan fingerprint density at radius 3 is 2.60 bits per heavy atom. The highest BCUT2D eigenvalue weighted by atomic mass is 31.2. The molecule has 7 nitrogen and oxygen atoms in total. The molecule has 114 valence electrons. The predicted molar refractivity (Wildman–Crippen MR) is 71.9 cm³/mol. The summed E-state index contributed by atoms with van der Waals surface area (Å²) in [6, 6.07) is -0.551. The first-order valence-corrected chi connectivity index (χ1v) is 8.13. The van der Waals surface area contributed by atoms with Gasteiger partial charge in [-0.1, -0.05) is 6.92 Å². The van der Waals surface area contributed by atoms with Crippen LogP contribution in [0.2, 0.25) is 0 Å². The Kier molecular flexibility index (Phi) is 6.22. The average Bonchev–Trinajstić information content (AvgIpc) is 2.52. The third kappa shape index (κ3) is 5.18. The topological polar surface area (TPSA) is 102 Å². The summed E-state index contributed by atoms with van der Waals surface area (Å²) in [5.41, 5.74) is 0. The van der Waals surface area contributed by atoms with E-state index in [1.807, 2.05) is 20.8 Å². The van der Waals surface area contributed by atoms with Gasteiger partial charge in [0, 0.05) is 11.9 Å². The van der Waals surface area contributed by atoms with E-state index in [-0.39, 0.29) is 24.7 Å². The first kappa shape index (κ1) is 17.7. The molecule has 20 heavy (non-hydrogen) atoms. The second-order valence-corrected chi connectivity index (χ2v) is 6.98. The zero-order valence-corrected chi connectivity index (χ0v) is 12.7. The van der Waals surface area contributed by atoms with E-state index in [9.17, 15) is 14.3 Å². The smallest absolute Gasteiger partial charge is 0.339 e. The summed E-state index contributed by atoms with van der Waals surface area (Å²) >= 11 is 0. The van der Waals surface area contributed by atoms with Crippen molar-refractivity contribution in [3.8, 4) is 0 Å². The zero-order valence-electron chi connectivity index (χ0n) is 11.8. The maximum absolute atomic E-state index is 11.5. The maximum atomic E-state index is 11.5.